The molecule has 0 amide bonds. The summed E-state index contributed by atoms with van der Waals surface area (Å²) in [6.45, 7) is 1.41. The van der Waals surface area contributed by atoms with Crippen LogP contribution in [0.4, 0.5) is 0 Å². The van der Waals surface area contributed by atoms with Gasteiger partial charge in [-0.05, 0) is 19.8 Å². The molecule has 0 saturated carbocycles. The summed E-state index contributed by atoms with van der Waals surface area (Å²) in [4.78, 5) is 55.6. The highest BCUT2D eigenvalue weighted by molar-refractivity contribution is 5.81. The Kier molecular flexibility index (Phi) is 2.66. The number of carbonyl (C=O) groups is 1. The third-order valence-corrected chi connectivity index (χ3v) is 3.53. The van der Waals surface area contributed by atoms with Gasteiger partial charge in [0, 0.05) is 6.42 Å². The highest BCUT2D eigenvalue weighted by Gasteiger charge is 2.27. The average Bonchev–Trinajstić information content (AvgIpc) is 2.39. The highest BCUT2D eigenvalue weighted by Crippen LogP contribution is 2.22. The molecule has 8 heteroatoms. The van der Waals surface area contributed by atoms with Gasteiger partial charge in [0.1, 0.15) is 11.3 Å². The number of fused-ring (bicyclic) bond motifs is 2. The highest BCUT2D eigenvalue weighted by atomic mass is 16.2. The van der Waals surface area contributed by atoms with Crippen LogP contribution in [0.1, 0.15) is 31.6 Å². The van der Waals surface area contributed by atoms with Gasteiger partial charge in [0.15, 0.2) is 11.3 Å². The molecule has 1 aliphatic heterocycles. The molecule has 1 aliphatic rings. The van der Waals surface area contributed by atoms with E-state index in [1.54, 1.807) is 0 Å². The number of nitrogens with zero attached hydrogens (tertiary/aromatic N) is 2. The molecular formula is C12H12N4O4. The molecule has 8 nitrogen and oxygen atoms in total. The predicted octanol–water partition coefficient (Wildman–Crippen LogP) is -0.761. The maximum atomic E-state index is 12.4. The summed E-state index contributed by atoms with van der Waals surface area (Å²) < 4.78 is 1.30. The number of aryl methyl sites for hydroxylation is 1. The van der Waals surface area contributed by atoms with E-state index in [2.05, 4.69) is 9.97 Å². The molecule has 3 rings (SSSR count). The minimum atomic E-state index is -0.767. The third kappa shape index (κ3) is 1.72. The Labute approximate surface area is 111 Å². The Balaban J connectivity index is 2.46. The van der Waals surface area contributed by atoms with Crippen molar-refractivity contribution in [1.82, 2.24) is 19.5 Å². The second-order valence-electron chi connectivity index (χ2n) is 4.85. The molecular weight excluding hydrogens is 264 g/mol. The van der Waals surface area contributed by atoms with E-state index in [1.807, 2.05) is 4.98 Å². The van der Waals surface area contributed by atoms with Gasteiger partial charge in [0.2, 0.25) is 0 Å². The van der Waals surface area contributed by atoms with Crippen LogP contribution in [0.3, 0.4) is 0 Å². The molecule has 0 bridgehead atoms. The van der Waals surface area contributed by atoms with Crippen LogP contribution in [-0.4, -0.2) is 25.3 Å². The smallest absolute Gasteiger partial charge is 0.301 e. The van der Waals surface area contributed by atoms with Gasteiger partial charge >= 0.3 is 5.69 Å². The number of nitrogens with one attached hydrogen (secondary N) is 2. The Morgan fingerprint density at radius 2 is 2.05 bits per heavy atom. The Bertz CT molecular complexity index is 889. The number of Topliss-reactive ketones (excluding diaryl/α,β-unsaturated/α-hetero) is 1. The van der Waals surface area contributed by atoms with E-state index in [4.69, 9.17) is 0 Å². The Hall–Kier alpha value is -2.51. The molecule has 2 aromatic rings. The number of ketones is 1. The lowest BCUT2D eigenvalue weighted by Crippen LogP contribution is -2.38. The zero-order valence-corrected chi connectivity index (χ0v) is 10.7. The number of rotatable bonds is 1. The standard InChI is InChI=1S/C12H12N4O4/c1-5(17)6-3-2-4-7-13-8-9(11(19)16(6)7)14-12(20)15-10(8)18/h6H,2-4H2,1H3,(H2,14,15,18,20). The molecule has 1 atom stereocenters. The molecule has 0 spiro atoms. The summed E-state index contributed by atoms with van der Waals surface area (Å²) in [5, 5.41) is 0. The van der Waals surface area contributed by atoms with E-state index < -0.39 is 22.9 Å². The van der Waals surface area contributed by atoms with Crippen molar-refractivity contribution >= 4 is 16.8 Å². The lowest BCUT2D eigenvalue weighted by Gasteiger charge is -2.25. The molecule has 0 aromatic carbocycles. The Morgan fingerprint density at radius 1 is 1.30 bits per heavy atom. The van der Waals surface area contributed by atoms with Crippen molar-refractivity contribution < 1.29 is 4.79 Å². The zero-order valence-electron chi connectivity index (χ0n) is 10.7. The van der Waals surface area contributed by atoms with Crippen LogP contribution < -0.4 is 16.8 Å². The van der Waals surface area contributed by atoms with Crippen molar-refractivity contribution in [3.63, 3.8) is 0 Å². The van der Waals surface area contributed by atoms with Gasteiger partial charge in [0.05, 0.1) is 6.04 Å². The third-order valence-electron chi connectivity index (χ3n) is 3.53. The van der Waals surface area contributed by atoms with Crippen molar-refractivity contribution in [2.45, 2.75) is 32.2 Å². The fourth-order valence-electron chi connectivity index (χ4n) is 2.63. The molecule has 2 N–H and O–H groups in total. The summed E-state index contributed by atoms with van der Waals surface area (Å²) in [6, 6.07) is -0.578. The van der Waals surface area contributed by atoms with Crippen molar-refractivity contribution in [2.75, 3.05) is 0 Å². The van der Waals surface area contributed by atoms with Gasteiger partial charge in [-0.25, -0.2) is 9.78 Å². The summed E-state index contributed by atoms with van der Waals surface area (Å²) >= 11 is 0. The molecule has 20 heavy (non-hydrogen) atoms. The van der Waals surface area contributed by atoms with E-state index in [9.17, 15) is 19.2 Å². The minimum Gasteiger partial charge on any atom is -0.301 e. The van der Waals surface area contributed by atoms with Crippen molar-refractivity contribution in [3.8, 4) is 0 Å². The maximum Gasteiger partial charge on any atom is 0.326 e. The molecule has 0 fully saturated rings. The van der Waals surface area contributed by atoms with E-state index in [-0.39, 0.29) is 16.8 Å². The summed E-state index contributed by atoms with van der Waals surface area (Å²) in [6.07, 6.45) is 1.81. The van der Waals surface area contributed by atoms with Crippen LogP contribution in [-0.2, 0) is 11.2 Å². The minimum absolute atomic E-state index is 0.0925. The number of H-pyrrole nitrogens is 2. The van der Waals surface area contributed by atoms with Gasteiger partial charge in [-0.1, -0.05) is 0 Å². The number of carbonyl (C=O) groups excluding carboxylic acids is 1. The maximum absolute atomic E-state index is 12.4. The van der Waals surface area contributed by atoms with E-state index in [1.165, 1.54) is 11.5 Å². The van der Waals surface area contributed by atoms with Gasteiger partial charge in [-0.15, -0.1) is 0 Å². The first-order chi connectivity index (χ1) is 9.49. The normalized spacial score (nSPS) is 17.9. The predicted molar refractivity (Wildman–Crippen MR) is 69.9 cm³/mol. The van der Waals surface area contributed by atoms with Crippen molar-refractivity contribution in [3.05, 3.63) is 37.0 Å². The van der Waals surface area contributed by atoms with Gasteiger partial charge in [-0.3, -0.25) is 23.9 Å². The van der Waals surface area contributed by atoms with E-state index in [0.29, 0.717) is 18.7 Å². The molecule has 3 heterocycles. The molecule has 104 valence electrons. The van der Waals surface area contributed by atoms with Crippen molar-refractivity contribution in [1.29, 1.82) is 0 Å². The number of aromatic nitrogens is 4. The number of hydrogen-bond acceptors (Lipinski definition) is 5. The quantitative estimate of drug-likeness (QED) is 0.709. The monoisotopic (exact) mass is 276 g/mol. The van der Waals surface area contributed by atoms with Crippen LogP contribution in [0.15, 0.2) is 14.4 Å². The molecule has 0 saturated heterocycles. The summed E-state index contributed by atoms with van der Waals surface area (Å²) in [7, 11) is 0. The first-order valence-corrected chi connectivity index (χ1v) is 6.27. The van der Waals surface area contributed by atoms with Crippen LogP contribution in [0, 0.1) is 0 Å². The second kappa shape index (κ2) is 4.26. The van der Waals surface area contributed by atoms with E-state index in [0.717, 1.165) is 6.42 Å². The summed E-state index contributed by atoms with van der Waals surface area (Å²) in [5.74, 6) is 0.271. The zero-order chi connectivity index (χ0) is 14.4. The van der Waals surface area contributed by atoms with E-state index >= 15 is 0 Å². The molecule has 1 unspecified atom stereocenters. The Morgan fingerprint density at radius 3 is 2.75 bits per heavy atom. The van der Waals surface area contributed by atoms with Crippen LogP contribution in [0.5, 0.6) is 0 Å². The largest absolute Gasteiger partial charge is 0.326 e. The molecule has 0 aliphatic carbocycles. The number of aromatic amines is 2. The van der Waals surface area contributed by atoms with Crippen LogP contribution >= 0.6 is 0 Å². The average molecular weight is 276 g/mol. The topological polar surface area (TPSA) is 118 Å². The van der Waals surface area contributed by atoms with Gasteiger partial charge < -0.3 is 4.98 Å². The number of hydrogen-bond donors (Lipinski definition) is 2. The SMILES string of the molecule is CC(=O)C1CCCc2nc3c(=O)[nH]c(=O)[nH]c3c(=O)n21. The molecule has 0 radical (unpaired) electrons. The lowest BCUT2D eigenvalue weighted by atomic mass is 10.0. The van der Waals surface area contributed by atoms with Crippen LogP contribution in [0.25, 0.3) is 11.0 Å². The fraction of sp³-hybridized carbons (Fsp3) is 0.417. The first kappa shape index (κ1) is 12.5. The second-order valence-corrected chi connectivity index (χ2v) is 4.85. The fourth-order valence-corrected chi connectivity index (χ4v) is 2.63. The van der Waals surface area contributed by atoms with Gasteiger partial charge in [0.25, 0.3) is 11.1 Å². The van der Waals surface area contributed by atoms with Crippen molar-refractivity contribution in [2.24, 2.45) is 0 Å². The first-order valence-electron chi connectivity index (χ1n) is 6.27. The summed E-state index contributed by atoms with van der Waals surface area (Å²) in [5.41, 5.74) is -2.26. The van der Waals surface area contributed by atoms with Crippen LogP contribution in [0.2, 0.25) is 0 Å². The lowest BCUT2D eigenvalue weighted by molar-refractivity contribution is -0.120. The molecule has 2 aromatic heterocycles. The van der Waals surface area contributed by atoms with Gasteiger partial charge in [-0.2, -0.15) is 0 Å².